The van der Waals surface area contributed by atoms with Gasteiger partial charge in [-0.05, 0) is 25.7 Å². The Balaban J connectivity index is 2.17. The molecule has 0 aromatic rings. The van der Waals surface area contributed by atoms with Crippen LogP contribution >= 0.6 is 0 Å². The van der Waals surface area contributed by atoms with Gasteiger partial charge in [-0.3, -0.25) is 0 Å². The van der Waals surface area contributed by atoms with Gasteiger partial charge < -0.3 is 10.4 Å². The van der Waals surface area contributed by atoms with Crippen LogP contribution in [0, 0.1) is 11.3 Å². The van der Waals surface area contributed by atoms with Gasteiger partial charge in [0.05, 0.1) is 0 Å². The van der Waals surface area contributed by atoms with Gasteiger partial charge in [0.2, 0.25) is 0 Å². The summed E-state index contributed by atoms with van der Waals surface area (Å²) in [5.41, 5.74) is 0.0258. The molecule has 1 rings (SSSR count). The molecule has 0 aromatic heterocycles. The molecule has 0 spiro atoms. The van der Waals surface area contributed by atoms with E-state index in [0.717, 1.165) is 12.5 Å². The van der Waals surface area contributed by atoms with E-state index < -0.39 is 0 Å². The molecule has 1 aliphatic rings. The third-order valence-electron chi connectivity index (χ3n) is 3.19. The molecule has 1 fully saturated rings. The first-order chi connectivity index (χ1) is 6.05. The lowest BCUT2D eigenvalue weighted by atomic mass is 9.80. The van der Waals surface area contributed by atoms with Crippen molar-refractivity contribution in [3.63, 3.8) is 0 Å². The quantitative estimate of drug-likeness (QED) is 0.684. The minimum atomic E-state index is 0.0258. The van der Waals surface area contributed by atoms with Gasteiger partial charge in [-0.25, -0.2) is 0 Å². The topological polar surface area (TPSA) is 32.3 Å². The first kappa shape index (κ1) is 11.0. The molecule has 2 N–H and O–H groups in total. The van der Waals surface area contributed by atoms with Gasteiger partial charge in [0.15, 0.2) is 0 Å². The molecule has 0 aromatic carbocycles. The van der Waals surface area contributed by atoms with E-state index in [9.17, 15) is 0 Å². The number of aliphatic hydroxyl groups excluding tert-OH is 1. The Labute approximate surface area is 81.7 Å². The van der Waals surface area contributed by atoms with Crippen molar-refractivity contribution in [2.45, 2.75) is 46.1 Å². The largest absolute Gasteiger partial charge is 0.396 e. The zero-order valence-electron chi connectivity index (χ0n) is 9.14. The van der Waals surface area contributed by atoms with Crippen LogP contribution in [0.4, 0.5) is 0 Å². The van der Waals surface area contributed by atoms with E-state index in [2.05, 4.69) is 26.1 Å². The van der Waals surface area contributed by atoms with Crippen LogP contribution in [-0.4, -0.2) is 24.3 Å². The van der Waals surface area contributed by atoms with E-state index in [4.69, 9.17) is 5.11 Å². The third kappa shape index (κ3) is 3.28. The van der Waals surface area contributed by atoms with Crippen LogP contribution in [0.3, 0.4) is 0 Å². The molecule has 13 heavy (non-hydrogen) atoms. The summed E-state index contributed by atoms with van der Waals surface area (Å²) in [6, 6.07) is 0.625. The highest BCUT2D eigenvalue weighted by atomic mass is 16.3. The van der Waals surface area contributed by atoms with Gasteiger partial charge in [0, 0.05) is 24.6 Å². The summed E-state index contributed by atoms with van der Waals surface area (Å²) in [4.78, 5) is 0. The van der Waals surface area contributed by atoms with Crippen LogP contribution in [0.5, 0.6) is 0 Å². The van der Waals surface area contributed by atoms with E-state index in [1.165, 1.54) is 19.3 Å². The first-order valence-corrected chi connectivity index (χ1v) is 5.39. The molecule has 0 amide bonds. The lowest BCUT2D eigenvalue weighted by Crippen LogP contribution is -2.42. The standard InChI is InChI=1S/C11H23NO/c1-9(10-5-4-6-10)12-7-11(2,3)8-13/h9-10,12-13H,4-8H2,1-3H3. The summed E-state index contributed by atoms with van der Waals surface area (Å²) in [5, 5.41) is 12.6. The van der Waals surface area contributed by atoms with E-state index >= 15 is 0 Å². The number of rotatable bonds is 5. The summed E-state index contributed by atoms with van der Waals surface area (Å²) in [7, 11) is 0. The molecule has 1 aliphatic carbocycles. The van der Waals surface area contributed by atoms with Crippen molar-refractivity contribution in [1.29, 1.82) is 0 Å². The minimum absolute atomic E-state index is 0.0258. The van der Waals surface area contributed by atoms with Gasteiger partial charge in [-0.2, -0.15) is 0 Å². The van der Waals surface area contributed by atoms with Gasteiger partial charge in [-0.1, -0.05) is 20.3 Å². The Morgan fingerprint density at radius 1 is 1.46 bits per heavy atom. The summed E-state index contributed by atoms with van der Waals surface area (Å²) in [5.74, 6) is 0.884. The van der Waals surface area contributed by atoms with Crippen molar-refractivity contribution in [2.24, 2.45) is 11.3 Å². The van der Waals surface area contributed by atoms with Crippen LogP contribution in [0.25, 0.3) is 0 Å². The summed E-state index contributed by atoms with van der Waals surface area (Å²) < 4.78 is 0. The fraction of sp³-hybridized carbons (Fsp3) is 1.00. The van der Waals surface area contributed by atoms with Crippen molar-refractivity contribution in [1.82, 2.24) is 5.32 Å². The fourth-order valence-electron chi connectivity index (χ4n) is 1.60. The third-order valence-corrected chi connectivity index (χ3v) is 3.19. The predicted octanol–water partition coefficient (Wildman–Crippen LogP) is 1.78. The minimum Gasteiger partial charge on any atom is -0.396 e. The lowest BCUT2D eigenvalue weighted by molar-refractivity contribution is 0.142. The SMILES string of the molecule is CC(NCC(C)(C)CO)C1CCC1. The molecule has 1 unspecified atom stereocenters. The van der Waals surface area contributed by atoms with Gasteiger partial charge in [-0.15, -0.1) is 0 Å². The van der Waals surface area contributed by atoms with Crippen molar-refractivity contribution in [3.05, 3.63) is 0 Å². The van der Waals surface area contributed by atoms with Gasteiger partial charge >= 0.3 is 0 Å². The van der Waals surface area contributed by atoms with Gasteiger partial charge in [0.25, 0.3) is 0 Å². The Bertz CT molecular complexity index is 152. The average Bonchev–Trinajstić information content (AvgIpc) is 1.98. The maximum absolute atomic E-state index is 9.08. The van der Waals surface area contributed by atoms with Crippen LogP contribution in [0.2, 0.25) is 0 Å². The highest BCUT2D eigenvalue weighted by Crippen LogP contribution is 2.29. The highest BCUT2D eigenvalue weighted by Gasteiger charge is 2.25. The number of hydrogen-bond acceptors (Lipinski definition) is 2. The second kappa shape index (κ2) is 4.43. The zero-order valence-corrected chi connectivity index (χ0v) is 9.14. The Morgan fingerprint density at radius 3 is 2.46 bits per heavy atom. The van der Waals surface area contributed by atoms with Crippen molar-refractivity contribution >= 4 is 0 Å². The highest BCUT2D eigenvalue weighted by molar-refractivity contribution is 4.81. The molecule has 0 heterocycles. The summed E-state index contributed by atoms with van der Waals surface area (Å²) >= 11 is 0. The molecule has 2 heteroatoms. The normalized spacial score (nSPS) is 21.2. The summed E-state index contributed by atoms with van der Waals surface area (Å²) in [6.07, 6.45) is 4.17. The summed E-state index contributed by atoms with van der Waals surface area (Å²) in [6.45, 7) is 7.62. The van der Waals surface area contributed by atoms with Crippen LogP contribution in [0.1, 0.15) is 40.0 Å². The number of aliphatic hydroxyl groups is 1. The number of hydrogen-bond donors (Lipinski definition) is 2. The van der Waals surface area contributed by atoms with E-state index in [0.29, 0.717) is 6.04 Å². The van der Waals surface area contributed by atoms with E-state index in [1.807, 2.05) is 0 Å². The van der Waals surface area contributed by atoms with Crippen molar-refractivity contribution < 1.29 is 5.11 Å². The lowest BCUT2D eigenvalue weighted by Gasteiger charge is -2.34. The van der Waals surface area contributed by atoms with Gasteiger partial charge in [0.1, 0.15) is 0 Å². The molecule has 2 nitrogen and oxygen atoms in total. The van der Waals surface area contributed by atoms with Crippen LogP contribution in [0.15, 0.2) is 0 Å². The first-order valence-electron chi connectivity index (χ1n) is 5.39. The molecule has 0 aliphatic heterocycles. The molecular formula is C11H23NO. The second-order valence-electron chi connectivity index (χ2n) is 5.18. The smallest absolute Gasteiger partial charge is 0.0494 e. The second-order valence-corrected chi connectivity index (χ2v) is 5.18. The Morgan fingerprint density at radius 2 is 2.08 bits per heavy atom. The average molecular weight is 185 g/mol. The predicted molar refractivity (Wildman–Crippen MR) is 55.7 cm³/mol. The Kier molecular flexibility index (Phi) is 3.74. The monoisotopic (exact) mass is 185 g/mol. The van der Waals surface area contributed by atoms with E-state index in [1.54, 1.807) is 0 Å². The molecule has 1 atom stereocenters. The molecule has 0 saturated heterocycles. The molecule has 78 valence electrons. The molecule has 1 saturated carbocycles. The molecular weight excluding hydrogens is 162 g/mol. The van der Waals surface area contributed by atoms with Crippen molar-refractivity contribution in [3.8, 4) is 0 Å². The van der Waals surface area contributed by atoms with Crippen molar-refractivity contribution in [2.75, 3.05) is 13.2 Å². The van der Waals surface area contributed by atoms with Crippen LogP contribution < -0.4 is 5.32 Å². The van der Waals surface area contributed by atoms with E-state index in [-0.39, 0.29) is 12.0 Å². The number of nitrogens with one attached hydrogen (secondary N) is 1. The maximum Gasteiger partial charge on any atom is 0.0494 e. The fourth-order valence-corrected chi connectivity index (χ4v) is 1.60. The van der Waals surface area contributed by atoms with Crippen LogP contribution in [-0.2, 0) is 0 Å². The zero-order chi connectivity index (χ0) is 9.90. The maximum atomic E-state index is 9.08. The molecule has 0 radical (unpaired) electrons. The molecule has 0 bridgehead atoms. The Hall–Kier alpha value is -0.0800.